The Morgan fingerprint density at radius 1 is 1.33 bits per heavy atom. The van der Waals surface area contributed by atoms with Gasteiger partial charge in [0.05, 0.1) is 0 Å². The van der Waals surface area contributed by atoms with Gasteiger partial charge in [0.15, 0.2) is 0 Å². The molecule has 1 aromatic rings. The first-order valence-electron chi connectivity index (χ1n) is 6.98. The Morgan fingerprint density at radius 2 is 2.17 bits per heavy atom. The minimum Gasteiger partial charge on any atom is -0.383 e. The summed E-state index contributed by atoms with van der Waals surface area (Å²) in [4.78, 5) is 8.32. The zero-order valence-corrected chi connectivity index (χ0v) is 11.2. The molecule has 0 amide bonds. The van der Waals surface area contributed by atoms with Gasteiger partial charge in [-0.15, -0.1) is 0 Å². The lowest BCUT2D eigenvalue weighted by Crippen LogP contribution is -2.30. The molecule has 2 aliphatic rings. The monoisotopic (exact) mass is 246 g/mol. The van der Waals surface area contributed by atoms with Gasteiger partial charge in [0, 0.05) is 11.6 Å². The highest BCUT2D eigenvalue weighted by molar-refractivity contribution is 5.54. The maximum absolute atomic E-state index is 5.82. The van der Waals surface area contributed by atoms with Gasteiger partial charge in [-0.25, -0.2) is 9.97 Å². The van der Waals surface area contributed by atoms with Crippen molar-refractivity contribution in [2.45, 2.75) is 45.6 Å². The van der Waals surface area contributed by atoms with Crippen LogP contribution in [0.1, 0.15) is 38.2 Å². The number of nitrogen functional groups attached to an aromatic ring is 1. The van der Waals surface area contributed by atoms with Gasteiger partial charge in [0.25, 0.3) is 0 Å². The number of nitrogens with one attached hydrogen (secondary N) is 1. The van der Waals surface area contributed by atoms with Crippen LogP contribution in [0.2, 0.25) is 0 Å². The van der Waals surface area contributed by atoms with Crippen molar-refractivity contribution < 1.29 is 0 Å². The molecule has 0 spiro atoms. The Hall–Kier alpha value is -1.32. The molecule has 3 rings (SSSR count). The molecule has 4 atom stereocenters. The molecule has 1 heterocycles. The highest BCUT2D eigenvalue weighted by Gasteiger charge is 2.41. The van der Waals surface area contributed by atoms with Crippen molar-refractivity contribution in [3.8, 4) is 0 Å². The van der Waals surface area contributed by atoms with E-state index in [1.165, 1.54) is 32.0 Å². The van der Waals surface area contributed by atoms with E-state index in [0.717, 1.165) is 29.1 Å². The van der Waals surface area contributed by atoms with Gasteiger partial charge >= 0.3 is 0 Å². The van der Waals surface area contributed by atoms with Gasteiger partial charge in [-0.3, -0.25) is 0 Å². The van der Waals surface area contributed by atoms with Gasteiger partial charge in [-0.1, -0.05) is 6.42 Å². The summed E-state index contributed by atoms with van der Waals surface area (Å²) in [5.41, 5.74) is 6.78. The van der Waals surface area contributed by atoms with E-state index in [9.17, 15) is 0 Å². The van der Waals surface area contributed by atoms with E-state index in [0.29, 0.717) is 11.9 Å². The Kier molecular flexibility index (Phi) is 2.88. The lowest BCUT2D eigenvalue weighted by Gasteiger charge is -2.29. The van der Waals surface area contributed by atoms with E-state index in [4.69, 9.17) is 5.73 Å². The molecular formula is C14H22N4. The number of hydrogen-bond donors (Lipinski definition) is 2. The van der Waals surface area contributed by atoms with Gasteiger partial charge in [0.1, 0.15) is 18.0 Å². The van der Waals surface area contributed by atoms with E-state index in [1.54, 1.807) is 0 Å². The topological polar surface area (TPSA) is 63.8 Å². The number of nitrogens with zero attached hydrogens (tertiary/aromatic N) is 2. The summed E-state index contributed by atoms with van der Waals surface area (Å²) in [5, 5.41) is 3.55. The molecule has 2 bridgehead atoms. The Balaban J connectivity index is 1.71. The SMILES string of the molecule is Cc1c(N)ncnc1NC(C)C1CC2CCC1C2. The second-order valence-corrected chi connectivity index (χ2v) is 6.00. The molecule has 2 aliphatic carbocycles. The molecule has 98 valence electrons. The van der Waals surface area contributed by atoms with Crippen molar-refractivity contribution in [1.29, 1.82) is 0 Å². The van der Waals surface area contributed by atoms with E-state index in [1.807, 2.05) is 6.92 Å². The van der Waals surface area contributed by atoms with Crippen LogP contribution in [-0.4, -0.2) is 16.0 Å². The van der Waals surface area contributed by atoms with Crippen LogP contribution >= 0.6 is 0 Å². The summed E-state index contributed by atoms with van der Waals surface area (Å²) in [6.07, 6.45) is 7.25. The van der Waals surface area contributed by atoms with Gasteiger partial charge < -0.3 is 11.1 Å². The zero-order valence-electron chi connectivity index (χ0n) is 11.2. The standard InChI is InChI=1S/C14H22N4/c1-8-13(15)16-7-17-14(8)18-9(2)12-6-10-3-4-11(12)5-10/h7,9-12H,3-6H2,1-2H3,(H3,15,16,17,18). The molecule has 0 aliphatic heterocycles. The second kappa shape index (κ2) is 4.41. The molecule has 2 fully saturated rings. The number of hydrogen-bond acceptors (Lipinski definition) is 4. The van der Waals surface area contributed by atoms with Crippen LogP contribution in [-0.2, 0) is 0 Å². The summed E-state index contributed by atoms with van der Waals surface area (Å²) in [6.45, 7) is 4.26. The van der Waals surface area contributed by atoms with Crippen LogP contribution < -0.4 is 11.1 Å². The normalized spacial score (nSPS) is 31.6. The number of fused-ring (bicyclic) bond motifs is 2. The molecule has 4 nitrogen and oxygen atoms in total. The first kappa shape index (κ1) is 11.8. The molecule has 0 saturated heterocycles. The average molecular weight is 246 g/mol. The van der Waals surface area contributed by atoms with E-state index < -0.39 is 0 Å². The highest BCUT2D eigenvalue weighted by Crippen LogP contribution is 2.49. The van der Waals surface area contributed by atoms with E-state index >= 15 is 0 Å². The highest BCUT2D eigenvalue weighted by atomic mass is 15.1. The van der Waals surface area contributed by atoms with E-state index in [-0.39, 0.29) is 0 Å². The van der Waals surface area contributed by atoms with Gasteiger partial charge in [0.2, 0.25) is 0 Å². The predicted molar refractivity (Wildman–Crippen MR) is 73.2 cm³/mol. The third kappa shape index (κ3) is 1.93. The summed E-state index contributed by atoms with van der Waals surface area (Å²) >= 11 is 0. The average Bonchev–Trinajstić information content (AvgIpc) is 2.97. The van der Waals surface area contributed by atoms with Crippen molar-refractivity contribution >= 4 is 11.6 Å². The zero-order chi connectivity index (χ0) is 12.7. The molecule has 4 unspecified atom stereocenters. The summed E-state index contributed by atoms with van der Waals surface area (Å²) in [5.74, 6) is 4.20. The third-order valence-corrected chi connectivity index (χ3v) is 4.92. The van der Waals surface area contributed by atoms with Crippen molar-refractivity contribution in [3.63, 3.8) is 0 Å². The number of rotatable bonds is 3. The third-order valence-electron chi connectivity index (χ3n) is 4.92. The van der Waals surface area contributed by atoms with Crippen molar-refractivity contribution in [1.82, 2.24) is 9.97 Å². The van der Waals surface area contributed by atoms with Gasteiger partial charge in [-0.2, -0.15) is 0 Å². The number of anilines is 2. The Morgan fingerprint density at radius 3 is 2.83 bits per heavy atom. The minimum atomic E-state index is 0.480. The minimum absolute atomic E-state index is 0.480. The van der Waals surface area contributed by atoms with Gasteiger partial charge in [-0.05, 0) is 50.9 Å². The molecule has 0 radical (unpaired) electrons. The fourth-order valence-electron chi connectivity index (χ4n) is 3.84. The summed E-state index contributed by atoms with van der Waals surface area (Å²) < 4.78 is 0. The van der Waals surface area contributed by atoms with Crippen molar-refractivity contribution in [2.24, 2.45) is 17.8 Å². The molecule has 3 N–H and O–H groups in total. The van der Waals surface area contributed by atoms with Crippen LogP contribution in [0.4, 0.5) is 11.6 Å². The molecule has 0 aromatic carbocycles. The first-order valence-corrected chi connectivity index (χ1v) is 6.98. The van der Waals surface area contributed by atoms with Crippen molar-refractivity contribution in [3.05, 3.63) is 11.9 Å². The Bertz CT molecular complexity index is 445. The molecule has 2 saturated carbocycles. The maximum atomic E-state index is 5.82. The first-order chi connectivity index (χ1) is 8.65. The number of nitrogens with two attached hydrogens (primary N) is 1. The van der Waals surface area contributed by atoms with E-state index in [2.05, 4.69) is 22.2 Å². The van der Waals surface area contributed by atoms with Crippen LogP contribution in [0, 0.1) is 24.7 Å². The quantitative estimate of drug-likeness (QED) is 0.860. The van der Waals surface area contributed by atoms with Crippen LogP contribution in [0.3, 0.4) is 0 Å². The molecule has 4 heteroatoms. The summed E-state index contributed by atoms with van der Waals surface area (Å²) in [6, 6.07) is 0.480. The molecule has 18 heavy (non-hydrogen) atoms. The smallest absolute Gasteiger partial charge is 0.134 e. The predicted octanol–water partition coefficient (Wildman–Crippen LogP) is 2.60. The van der Waals surface area contributed by atoms with Crippen LogP contribution in [0.5, 0.6) is 0 Å². The molecule has 1 aromatic heterocycles. The lowest BCUT2D eigenvalue weighted by atomic mass is 9.84. The second-order valence-electron chi connectivity index (χ2n) is 6.00. The number of aromatic nitrogens is 2. The summed E-state index contributed by atoms with van der Waals surface area (Å²) in [7, 11) is 0. The lowest BCUT2D eigenvalue weighted by molar-refractivity contribution is 0.304. The fourth-order valence-corrected chi connectivity index (χ4v) is 3.84. The van der Waals surface area contributed by atoms with Crippen LogP contribution in [0.25, 0.3) is 0 Å². The largest absolute Gasteiger partial charge is 0.383 e. The van der Waals surface area contributed by atoms with Crippen molar-refractivity contribution in [2.75, 3.05) is 11.1 Å². The maximum Gasteiger partial charge on any atom is 0.134 e. The molecular weight excluding hydrogens is 224 g/mol. The Labute approximate surface area is 108 Å². The fraction of sp³-hybridized carbons (Fsp3) is 0.714. The van der Waals surface area contributed by atoms with Crippen LogP contribution in [0.15, 0.2) is 6.33 Å².